The smallest absolute Gasteiger partial charge is 0.225 e. The van der Waals surface area contributed by atoms with Gasteiger partial charge in [-0.3, -0.25) is 0 Å². The largest absolute Gasteiger partial charge is 0.370 e. The molecule has 0 spiro atoms. The van der Waals surface area contributed by atoms with Crippen LogP contribution in [0.1, 0.15) is 17.5 Å². The van der Waals surface area contributed by atoms with Crippen LogP contribution in [0.5, 0.6) is 0 Å². The number of aryl methyl sites for hydroxylation is 1. The van der Waals surface area contributed by atoms with E-state index in [1.807, 2.05) is 24.3 Å². The standard InChI is InChI=1S/C23H29N5/c1-18-10-7-8-13-20(18)17-25-23-26-21(19-11-5-4-6-12-19)16-22(27-23)24-14-9-15-28(2)3/h4-8,10-13,16H,9,14-15,17H2,1-3H3,(H2,24,25,26,27). The summed E-state index contributed by atoms with van der Waals surface area (Å²) in [6.45, 7) is 4.74. The van der Waals surface area contributed by atoms with Gasteiger partial charge in [0.1, 0.15) is 5.82 Å². The Kier molecular flexibility index (Phi) is 6.98. The molecule has 28 heavy (non-hydrogen) atoms. The third kappa shape index (κ3) is 5.79. The van der Waals surface area contributed by atoms with E-state index in [1.54, 1.807) is 0 Å². The maximum absolute atomic E-state index is 4.73. The van der Waals surface area contributed by atoms with E-state index in [9.17, 15) is 0 Å². The lowest BCUT2D eigenvalue weighted by Gasteiger charge is -2.13. The van der Waals surface area contributed by atoms with Crippen LogP contribution in [0, 0.1) is 6.92 Å². The molecule has 3 aromatic rings. The van der Waals surface area contributed by atoms with Gasteiger partial charge in [-0.1, -0.05) is 54.6 Å². The second-order valence-corrected chi connectivity index (χ2v) is 7.19. The van der Waals surface area contributed by atoms with Crippen molar-refractivity contribution in [3.8, 4) is 11.3 Å². The third-order valence-corrected chi connectivity index (χ3v) is 4.58. The molecule has 5 heteroatoms. The molecule has 5 nitrogen and oxygen atoms in total. The average Bonchev–Trinajstić information content (AvgIpc) is 2.71. The van der Waals surface area contributed by atoms with Crippen LogP contribution in [0.4, 0.5) is 11.8 Å². The lowest BCUT2D eigenvalue weighted by atomic mass is 10.1. The quantitative estimate of drug-likeness (QED) is 0.542. The lowest BCUT2D eigenvalue weighted by molar-refractivity contribution is 0.405. The molecule has 0 aliphatic heterocycles. The van der Waals surface area contributed by atoms with Gasteiger partial charge >= 0.3 is 0 Å². The predicted octanol–water partition coefficient (Wildman–Crippen LogP) is 4.43. The van der Waals surface area contributed by atoms with E-state index < -0.39 is 0 Å². The molecule has 3 rings (SSSR count). The molecule has 1 aromatic heterocycles. The Morgan fingerprint density at radius 1 is 0.893 bits per heavy atom. The van der Waals surface area contributed by atoms with E-state index in [2.05, 4.69) is 77.9 Å². The number of hydrogen-bond acceptors (Lipinski definition) is 5. The normalized spacial score (nSPS) is 10.9. The molecule has 0 atom stereocenters. The molecular formula is C23H29N5. The van der Waals surface area contributed by atoms with Gasteiger partial charge in [-0.05, 0) is 45.1 Å². The summed E-state index contributed by atoms with van der Waals surface area (Å²) in [6.07, 6.45) is 1.06. The van der Waals surface area contributed by atoms with Crippen molar-refractivity contribution in [1.29, 1.82) is 0 Å². The van der Waals surface area contributed by atoms with Crippen LogP contribution in [0.2, 0.25) is 0 Å². The second-order valence-electron chi connectivity index (χ2n) is 7.19. The Morgan fingerprint density at radius 2 is 1.64 bits per heavy atom. The molecule has 0 saturated heterocycles. The summed E-state index contributed by atoms with van der Waals surface area (Å²) in [4.78, 5) is 11.6. The number of hydrogen-bond donors (Lipinski definition) is 2. The van der Waals surface area contributed by atoms with Crippen molar-refractivity contribution in [2.45, 2.75) is 19.9 Å². The zero-order chi connectivity index (χ0) is 19.8. The van der Waals surface area contributed by atoms with Crippen LogP contribution in [0.25, 0.3) is 11.3 Å². The van der Waals surface area contributed by atoms with Crippen LogP contribution >= 0.6 is 0 Å². The minimum absolute atomic E-state index is 0.639. The fourth-order valence-corrected chi connectivity index (χ4v) is 2.97. The van der Waals surface area contributed by atoms with Crippen molar-refractivity contribution >= 4 is 11.8 Å². The monoisotopic (exact) mass is 375 g/mol. The number of nitrogens with zero attached hydrogens (tertiary/aromatic N) is 3. The Hall–Kier alpha value is -2.92. The maximum Gasteiger partial charge on any atom is 0.225 e. The van der Waals surface area contributed by atoms with Gasteiger partial charge in [-0.15, -0.1) is 0 Å². The van der Waals surface area contributed by atoms with E-state index in [1.165, 1.54) is 11.1 Å². The van der Waals surface area contributed by atoms with Crippen molar-refractivity contribution in [3.05, 3.63) is 71.8 Å². The molecule has 0 fully saturated rings. The van der Waals surface area contributed by atoms with E-state index in [-0.39, 0.29) is 0 Å². The van der Waals surface area contributed by atoms with Gasteiger partial charge < -0.3 is 15.5 Å². The summed E-state index contributed by atoms with van der Waals surface area (Å²) in [6, 6.07) is 20.6. The summed E-state index contributed by atoms with van der Waals surface area (Å²) in [5, 5.41) is 6.83. The Bertz CT molecular complexity index is 877. The highest BCUT2D eigenvalue weighted by molar-refractivity contribution is 5.64. The fraction of sp³-hybridized carbons (Fsp3) is 0.304. The van der Waals surface area contributed by atoms with Crippen LogP contribution in [0.3, 0.4) is 0 Å². The van der Waals surface area contributed by atoms with E-state index in [4.69, 9.17) is 4.98 Å². The highest BCUT2D eigenvalue weighted by Crippen LogP contribution is 2.22. The summed E-state index contributed by atoms with van der Waals surface area (Å²) in [7, 11) is 4.18. The van der Waals surface area contributed by atoms with Gasteiger partial charge in [0.2, 0.25) is 5.95 Å². The molecule has 0 amide bonds. The van der Waals surface area contributed by atoms with Crippen molar-refractivity contribution in [2.24, 2.45) is 0 Å². The Balaban J connectivity index is 1.77. The van der Waals surface area contributed by atoms with E-state index in [0.29, 0.717) is 12.5 Å². The molecule has 0 bridgehead atoms. The minimum Gasteiger partial charge on any atom is -0.370 e. The molecule has 146 valence electrons. The van der Waals surface area contributed by atoms with Crippen LogP contribution < -0.4 is 10.6 Å². The molecule has 1 heterocycles. The van der Waals surface area contributed by atoms with Gasteiger partial charge in [0.05, 0.1) is 5.69 Å². The summed E-state index contributed by atoms with van der Waals surface area (Å²) >= 11 is 0. The minimum atomic E-state index is 0.639. The number of nitrogens with one attached hydrogen (secondary N) is 2. The molecule has 2 N–H and O–H groups in total. The van der Waals surface area contributed by atoms with Gasteiger partial charge in [0.15, 0.2) is 0 Å². The first-order chi connectivity index (χ1) is 13.6. The van der Waals surface area contributed by atoms with E-state index >= 15 is 0 Å². The summed E-state index contributed by atoms with van der Waals surface area (Å²) in [5.74, 6) is 1.49. The Morgan fingerprint density at radius 3 is 2.39 bits per heavy atom. The van der Waals surface area contributed by atoms with Crippen molar-refractivity contribution in [2.75, 3.05) is 37.8 Å². The van der Waals surface area contributed by atoms with Crippen LogP contribution in [-0.2, 0) is 6.54 Å². The molecule has 0 unspecified atom stereocenters. The van der Waals surface area contributed by atoms with Crippen LogP contribution in [-0.4, -0.2) is 42.1 Å². The maximum atomic E-state index is 4.73. The zero-order valence-electron chi connectivity index (χ0n) is 16.9. The lowest BCUT2D eigenvalue weighted by Crippen LogP contribution is -2.17. The first-order valence-electron chi connectivity index (χ1n) is 9.73. The topological polar surface area (TPSA) is 53.1 Å². The molecular weight excluding hydrogens is 346 g/mol. The van der Waals surface area contributed by atoms with Crippen molar-refractivity contribution in [3.63, 3.8) is 0 Å². The summed E-state index contributed by atoms with van der Waals surface area (Å²) < 4.78 is 0. The number of anilines is 2. The first-order valence-corrected chi connectivity index (χ1v) is 9.73. The number of aromatic nitrogens is 2. The number of rotatable bonds is 9. The third-order valence-electron chi connectivity index (χ3n) is 4.58. The molecule has 0 aliphatic rings. The van der Waals surface area contributed by atoms with Gasteiger partial charge in [-0.2, -0.15) is 4.98 Å². The van der Waals surface area contributed by atoms with Gasteiger partial charge in [-0.25, -0.2) is 4.98 Å². The Labute approximate surface area is 167 Å². The SMILES string of the molecule is Cc1ccccc1CNc1nc(NCCCN(C)C)cc(-c2ccccc2)n1. The highest BCUT2D eigenvalue weighted by atomic mass is 15.1. The first kappa shape index (κ1) is 19.8. The second kappa shape index (κ2) is 9.85. The number of benzene rings is 2. The van der Waals surface area contributed by atoms with Gasteiger partial charge in [0.25, 0.3) is 0 Å². The van der Waals surface area contributed by atoms with Crippen LogP contribution in [0.15, 0.2) is 60.7 Å². The molecule has 0 radical (unpaired) electrons. The van der Waals surface area contributed by atoms with E-state index in [0.717, 1.165) is 36.6 Å². The zero-order valence-corrected chi connectivity index (χ0v) is 16.9. The van der Waals surface area contributed by atoms with Gasteiger partial charge in [0, 0.05) is 24.7 Å². The average molecular weight is 376 g/mol. The molecule has 0 saturated carbocycles. The predicted molar refractivity (Wildman–Crippen MR) is 118 cm³/mol. The van der Waals surface area contributed by atoms with Crippen molar-refractivity contribution < 1.29 is 0 Å². The molecule has 0 aliphatic carbocycles. The molecule has 2 aromatic carbocycles. The summed E-state index contributed by atoms with van der Waals surface area (Å²) in [5.41, 5.74) is 4.51. The van der Waals surface area contributed by atoms with Crippen molar-refractivity contribution in [1.82, 2.24) is 14.9 Å². The fourth-order valence-electron chi connectivity index (χ4n) is 2.97. The highest BCUT2D eigenvalue weighted by Gasteiger charge is 2.07.